The smallest absolute Gasteiger partial charge is 0.152 e. The van der Waals surface area contributed by atoms with E-state index in [2.05, 4.69) is 41.8 Å². The van der Waals surface area contributed by atoms with Gasteiger partial charge in [-0.2, -0.15) is 0 Å². The first kappa shape index (κ1) is 16.4. The van der Waals surface area contributed by atoms with Crippen molar-refractivity contribution in [2.24, 2.45) is 5.92 Å². The van der Waals surface area contributed by atoms with Gasteiger partial charge in [0.05, 0.1) is 5.71 Å². The minimum absolute atomic E-state index is 0.249. The molecule has 4 nitrogen and oxygen atoms in total. The van der Waals surface area contributed by atoms with E-state index in [4.69, 9.17) is 5.41 Å². The zero-order valence-corrected chi connectivity index (χ0v) is 13.9. The lowest BCUT2D eigenvalue weighted by Gasteiger charge is -2.28. The lowest BCUT2D eigenvalue weighted by atomic mass is 9.86. The van der Waals surface area contributed by atoms with Crippen molar-refractivity contribution < 1.29 is 4.79 Å². The first-order chi connectivity index (χ1) is 11.7. The van der Waals surface area contributed by atoms with Crippen molar-refractivity contribution in [3.05, 3.63) is 65.4 Å². The van der Waals surface area contributed by atoms with Crippen LogP contribution in [0.1, 0.15) is 24.8 Å². The molecule has 2 atom stereocenters. The van der Waals surface area contributed by atoms with Gasteiger partial charge in [-0.3, -0.25) is 10.2 Å². The van der Waals surface area contributed by atoms with Gasteiger partial charge in [-0.25, -0.2) is 0 Å². The van der Waals surface area contributed by atoms with Gasteiger partial charge in [-0.15, -0.1) is 0 Å². The molecule has 1 aromatic carbocycles. The highest BCUT2D eigenvalue weighted by molar-refractivity contribution is 6.23. The van der Waals surface area contributed by atoms with E-state index in [1.807, 2.05) is 6.08 Å². The fourth-order valence-electron chi connectivity index (χ4n) is 3.23. The topological polar surface area (TPSA) is 65.0 Å². The van der Waals surface area contributed by atoms with Crippen LogP contribution in [-0.4, -0.2) is 25.1 Å². The van der Waals surface area contributed by atoms with Crippen molar-refractivity contribution in [3.63, 3.8) is 0 Å². The van der Waals surface area contributed by atoms with Crippen LogP contribution >= 0.6 is 0 Å². The summed E-state index contributed by atoms with van der Waals surface area (Å²) >= 11 is 0. The van der Waals surface area contributed by atoms with Gasteiger partial charge in [0.2, 0.25) is 0 Å². The van der Waals surface area contributed by atoms with E-state index in [0.29, 0.717) is 23.4 Å². The van der Waals surface area contributed by atoms with Crippen LogP contribution in [0, 0.1) is 11.3 Å². The Kier molecular flexibility index (Phi) is 5.06. The summed E-state index contributed by atoms with van der Waals surface area (Å²) in [5.74, 6) is 1.30. The summed E-state index contributed by atoms with van der Waals surface area (Å²) in [7, 11) is 0. The van der Waals surface area contributed by atoms with Crippen LogP contribution in [0.3, 0.4) is 0 Å². The fourth-order valence-corrected chi connectivity index (χ4v) is 3.23. The molecule has 0 radical (unpaired) electrons. The van der Waals surface area contributed by atoms with E-state index in [-0.39, 0.29) is 5.71 Å². The maximum absolute atomic E-state index is 10.9. The molecular weight excluding hydrogens is 298 g/mol. The number of hydrogen-bond acceptors (Lipinski definition) is 4. The number of carbonyl (C=O) groups is 1. The number of benzene rings is 1. The molecule has 0 amide bonds. The molecule has 4 heteroatoms. The minimum Gasteiger partial charge on any atom is -0.361 e. The molecule has 1 aliphatic carbocycles. The lowest BCUT2D eigenvalue weighted by molar-refractivity contribution is -0.104. The Balaban J connectivity index is 1.65. The summed E-state index contributed by atoms with van der Waals surface area (Å²) < 4.78 is 0. The molecule has 0 spiro atoms. The number of aldehydes is 1. The van der Waals surface area contributed by atoms with Gasteiger partial charge in [0.25, 0.3) is 0 Å². The summed E-state index contributed by atoms with van der Waals surface area (Å²) in [6.07, 6.45) is 8.98. The van der Waals surface area contributed by atoms with Crippen LogP contribution in [0.4, 0.5) is 5.69 Å². The predicted molar refractivity (Wildman–Crippen MR) is 98.6 cm³/mol. The van der Waals surface area contributed by atoms with E-state index in [9.17, 15) is 4.79 Å². The van der Waals surface area contributed by atoms with Crippen molar-refractivity contribution in [1.82, 2.24) is 5.32 Å². The first-order valence-corrected chi connectivity index (χ1v) is 8.37. The Morgan fingerprint density at radius 3 is 2.75 bits per heavy atom. The molecule has 1 heterocycles. The Labute approximate surface area is 142 Å². The number of nitrogens with one attached hydrogen (secondary N) is 3. The Bertz CT molecular complexity index is 713. The Hall–Kier alpha value is -2.46. The number of rotatable bonds is 4. The molecule has 1 aromatic rings. The van der Waals surface area contributed by atoms with E-state index in [1.54, 1.807) is 18.4 Å². The number of hydrogen-bond donors (Lipinski definition) is 3. The second-order valence-electron chi connectivity index (χ2n) is 6.54. The molecule has 124 valence electrons. The zero-order valence-electron chi connectivity index (χ0n) is 13.9. The average molecular weight is 321 g/mol. The standard InChI is InChI=1S/C20H23N3O/c1-14-9-18(11-22-10-14)15-5-7-19(8-6-15)23-12-16-3-2-4-17(13-24)20(16)21/h2-8,12-14,18,21-23H,9-11H2,1H3/b16-12-,21-20?. The Morgan fingerprint density at radius 1 is 1.25 bits per heavy atom. The highest BCUT2D eigenvalue weighted by Gasteiger charge is 2.19. The molecule has 1 fully saturated rings. The van der Waals surface area contributed by atoms with E-state index in [0.717, 1.165) is 24.7 Å². The molecule has 2 unspecified atom stereocenters. The third-order valence-corrected chi connectivity index (χ3v) is 4.60. The number of piperidine rings is 1. The highest BCUT2D eigenvalue weighted by Crippen LogP contribution is 2.27. The predicted octanol–water partition coefficient (Wildman–Crippen LogP) is 3.41. The number of carbonyl (C=O) groups excluding carboxylic acids is 1. The molecule has 1 saturated heterocycles. The van der Waals surface area contributed by atoms with Gasteiger partial charge >= 0.3 is 0 Å². The van der Waals surface area contributed by atoms with Gasteiger partial charge in [0, 0.05) is 29.6 Å². The molecule has 0 saturated carbocycles. The van der Waals surface area contributed by atoms with Crippen LogP contribution in [0.2, 0.25) is 0 Å². The third kappa shape index (κ3) is 3.71. The molecule has 2 aliphatic rings. The monoisotopic (exact) mass is 321 g/mol. The summed E-state index contributed by atoms with van der Waals surface area (Å²) in [4.78, 5) is 10.9. The fraction of sp³-hybridized carbons (Fsp3) is 0.300. The molecule has 24 heavy (non-hydrogen) atoms. The molecular formula is C20H23N3O. The second kappa shape index (κ2) is 7.41. The lowest BCUT2D eigenvalue weighted by Crippen LogP contribution is -2.33. The number of allylic oxidation sites excluding steroid dienone is 5. The minimum atomic E-state index is 0.249. The van der Waals surface area contributed by atoms with Gasteiger partial charge < -0.3 is 10.6 Å². The van der Waals surface area contributed by atoms with E-state index < -0.39 is 0 Å². The van der Waals surface area contributed by atoms with E-state index in [1.165, 1.54) is 12.0 Å². The largest absolute Gasteiger partial charge is 0.361 e. The number of anilines is 1. The quantitative estimate of drug-likeness (QED) is 0.745. The van der Waals surface area contributed by atoms with Gasteiger partial charge in [-0.05, 0) is 48.6 Å². The van der Waals surface area contributed by atoms with Crippen LogP contribution in [0.25, 0.3) is 0 Å². The second-order valence-corrected chi connectivity index (χ2v) is 6.54. The maximum atomic E-state index is 10.9. The van der Waals surface area contributed by atoms with Crippen molar-refractivity contribution in [3.8, 4) is 0 Å². The van der Waals surface area contributed by atoms with Crippen molar-refractivity contribution in [1.29, 1.82) is 5.41 Å². The maximum Gasteiger partial charge on any atom is 0.152 e. The summed E-state index contributed by atoms with van der Waals surface area (Å²) in [6, 6.07) is 8.48. The van der Waals surface area contributed by atoms with Crippen LogP contribution in [0.15, 0.2) is 59.8 Å². The van der Waals surface area contributed by atoms with Gasteiger partial charge in [-0.1, -0.05) is 31.2 Å². The van der Waals surface area contributed by atoms with Crippen molar-refractivity contribution in [2.45, 2.75) is 19.3 Å². The first-order valence-electron chi connectivity index (χ1n) is 8.37. The van der Waals surface area contributed by atoms with E-state index >= 15 is 0 Å². The molecule has 1 aliphatic heterocycles. The normalized spacial score (nSPS) is 25.5. The van der Waals surface area contributed by atoms with Gasteiger partial charge in [0.1, 0.15) is 0 Å². The molecule has 3 rings (SSSR count). The van der Waals surface area contributed by atoms with Crippen molar-refractivity contribution in [2.75, 3.05) is 18.4 Å². The third-order valence-electron chi connectivity index (χ3n) is 4.60. The summed E-state index contributed by atoms with van der Waals surface area (Å²) in [5.41, 5.74) is 3.70. The summed E-state index contributed by atoms with van der Waals surface area (Å²) in [5, 5.41) is 14.7. The van der Waals surface area contributed by atoms with Crippen LogP contribution < -0.4 is 10.6 Å². The summed E-state index contributed by atoms with van der Waals surface area (Å²) in [6.45, 7) is 4.44. The zero-order chi connectivity index (χ0) is 16.9. The molecule has 0 aromatic heterocycles. The highest BCUT2D eigenvalue weighted by atomic mass is 16.1. The average Bonchev–Trinajstić information content (AvgIpc) is 2.61. The Morgan fingerprint density at radius 2 is 2.04 bits per heavy atom. The SMILES string of the molecule is CC1CNCC(c2ccc(N/C=C3/C=CC=C(C=O)C3=N)cc2)C1. The molecule has 0 bridgehead atoms. The van der Waals surface area contributed by atoms with Crippen molar-refractivity contribution >= 4 is 17.7 Å². The van der Waals surface area contributed by atoms with Crippen LogP contribution in [0.5, 0.6) is 0 Å². The van der Waals surface area contributed by atoms with Gasteiger partial charge in [0.15, 0.2) is 6.29 Å². The molecule has 3 N–H and O–H groups in total. The van der Waals surface area contributed by atoms with Crippen LogP contribution in [-0.2, 0) is 4.79 Å².